The van der Waals surface area contributed by atoms with Crippen LogP contribution in [0.25, 0.3) is 10.9 Å². The molecule has 0 radical (unpaired) electrons. The molecule has 3 rings (SSSR count). The van der Waals surface area contributed by atoms with Crippen molar-refractivity contribution in [3.63, 3.8) is 0 Å². The van der Waals surface area contributed by atoms with Gasteiger partial charge in [0.15, 0.2) is 5.82 Å². The number of pyridine rings is 1. The van der Waals surface area contributed by atoms with Gasteiger partial charge in [0.1, 0.15) is 11.2 Å². The van der Waals surface area contributed by atoms with Crippen molar-refractivity contribution in [3.05, 3.63) is 40.3 Å². The monoisotopic (exact) mass is 277 g/mol. The van der Waals surface area contributed by atoms with Gasteiger partial charge in [0.05, 0.1) is 16.4 Å². The van der Waals surface area contributed by atoms with E-state index in [1.54, 1.807) is 17.0 Å². The molecule has 1 fully saturated rings. The molecule has 7 heteroatoms. The first kappa shape index (κ1) is 12.7. The topological polar surface area (TPSA) is 79.5 Å². The van der Waals surface area contributed by atoms with Crippen LogP contribution in [-0.4, -0.2) is 34.7 Å². The number of aliphatic hydroxyl groups excluding tert-OH is 1. The summed E-state index contributed by atoms with van der Waals surface area (Å²) < 4.78 is 14.2. The van der Waals surface area contributed by atoms with Crippen molar-refractivity contribution in [1.29, 1.82) is 0 Å². The summed E-state index contributed by atoms with van der Waals surface area (Å²) in [6.07, 6.45) is 1.48. The van der Waals surface area contributed by atoms with Gasteiger partial charge in [0.25, 0.3) is 5.69 Å². The maximum Gasteiger partial charge on any atom is 0.281 e. The van der Waals surface area contributed by atoms with Crippen LogP contribution in [0.4, 0.5) is 15.8 Å². The number of nitro groups is 1. The predicted molar refractivity (Wildman–Crippen MR) is 71.1 cm³/mol. The van der Waals surface area contributed by atoms with Gasteiger partial charge >= 0.3 is 0 Å². The van der Waals surface area contributed by atoms with Gasteiger partial charge in [0.2, 0.25) is 0 Å². The number of rotatable bonds is 3. The summed E-state index contributed by atoms with van der Waals surface area (Å²) in [5.74, 6) is -0.539. The zero-order chi connectivity index (χ0) is 14.3. The Morgan fingerprint density at radius 2 is 2.30 bits per heavy atom. The number of aliphatic hydroxyl groups is 1. The number of anilines is 1. The Bertz CT molecular complexity index is 686. The van der Waals surface area contributed by atoms with E-state index in [-0.39, 0.29) is 29.4 Å². The van der Waals surface area contributed by atoms with E-state index >= 15 is 0 Å². The molecule has 0 amide bonds. The van der Waals surface area contributed by atoms with E-state index < -0.39 is 10.7 Å². The third kappa shape index (κ3) is 1.87. The molecule has 0 aliphatic carbocycles. The molecule has 1 saturated heterocycles. The first-order chi connectivity index (χ1) is 9.61. The minimum absolute atomic E-state index is 0.0520. The first-order valence-corrected chi connectivity index (χ1v) is 6.19. The second kappa shape index (κ2) is 4.68. The Morgan fingerprint density at radius 1 is 1.55 bits per heavy atom. The SMILES string of the molecule is O=[N+]([O-])c1cc(F)c(N2CC(CO)C2)c2ncccc12. The minimum atomic E-state index is -0.653. The lowest BCUT2D eigenvalue weighted by Gasteiger charge is -2.40. The Hall–Kier alpha value is -2.28. The normalized spacial score (nSPS) is 15.4. The fraction of sp³-hybridized carbons (Fsp3) is 0.308. The summed E-state index contributed by atoms with van der Waals surface area (Å²) in [5.41, 5.74) is 0.278. The van der Waals surface area contributed by atoms with E-state index in [1.165, 1.54) is 6.20 Å². The molecule has 1 aliphatic rings. The van der Waals surface area contributed by atoms with E-state index in [1.807, 2.05) is 0 Å². The summed E-state index contributed by atoms with van der Waals surface area (Å²) in [5, 5.41) is 20.3. The molecule has 20 heavy (non-hydrogen) atoms. The fourth-order valence-corrected chi connectivity index (χ4v) is 2.50. The van der Waals surface area contributed by atoms with Gasteiger partial charge < -0.3 is 10.0 Å². The number of nitrogens with zero attached hydrogens (tertiary/aromatic N) is 3. The largest absolute Gasteiger partial charge is 0.396 e. The van der Waals surface area contributed by atoms with E-state index in [2.05, 4.69) is 4.98 Å². The quantitative estimate of drug-likeness (QED) is 0.682. The van der Waals surface area contributed by atoms with Gasteiger partial charge in [0, 0.05) is 31.8 Å². The summed E-state index contributed by atoms with van der Waals surface area (Å²) >= 11 is 0. The molecule has 0 spiro atoms. The van der Waals surface area contributed by atoms with E-state index in [9.17, 15) is 14.5 Å². The maximum atomic E-state index is 14.2. The van der Waals surface area contributed by atoms with Crippen LogP contribution in [-0.2, 0) is 0 Å². The van der Waals surface area contributed by atoms with Crippen molar-refractivity contribution >= 4 is 22.3 Å². The molecule has 0 atom stereocenters. The van der Waals surface area contributed by atoms with Crippen molar-refractivity contribution in [3.8, 4) is 0 Å². The number of hydrogen-bond donors (Lipinski definition) is 1. The summed E-state index contributed by atoms with van der Waals surface area (Å²) in [7, 11) is 0. The van der Waals surface area contributed by atoms with Gasteiger partial charge in [-0.3, -0.25) is 15.1 Å². The van der Waals surface area contributed by atoms with Crippen LogP contribution in [0, 0.1) is 21.8 Å². The molecular formula is C13H12FN3O3. The highest BCUT2D eigenvalue weighted by molar-refractivity contribution is 5.97. The molecule has 1 aromatic heterocycles. The Kier molecular flexibility index (Phi) is 2.98. The van der Waals surface area contributed by atoms with E-state index in [4.69, 9.17) is 5.11 Å². The predicted octanol–water partition coefficient (Wildman–Crippen LogP) is 1.71. The van der Waals surface area contributed by atoms with Gasteiger partial charge in [-0.15, -0.1) is 0 Å². The molecule has 0 bridgehead atoms. The number of benzene rings is 1. The van der Waals surface area contributed by atoms with E-state index in [0.717, 1.165) is 6.07 Å². The molecule has 0 unspecified atom stereocenters. The van der Waals surface area contributed by atoms with Crippen LogP contribution in [0.1, 0.15) is 0 Å². The average molecular weight is 277 g/mol. The van der Waals surface area contributed by atoms with Crippen molar-refractivity contribution in [2.24, 2.45) is 5.92 Å². The number of hydrogen-bond acceptors (Lipinski definition) is 5. The lowest BCUT2D eigenvalue weighted by Crippen LogP contribution is -2.49. The maximum absolute atomic E-state index is 14.2. The second-order valence-corrected chi connectivity index (χ2v) is 4.84. The lowest BCUT2D eigenvalue weighted by molar-refractivity contribution is -0.383. The van der Waals surface area contributed by atoms with Gasteiger partial charge in [-0.05, 0) is 12.1 Å². The number of halogens is 1. The van der Waals surface area contributed by atoms with Gasteiger partial charge in [-0.1, -0.05) is 0 Å². The number of non-ortho nitro benzene ring substituents is 1. The lowest BCUT2D eigenvalue weighted by atomic mass is 9.99. The van der Waals surface area contributed by atoms with E-state index in [0.29, 0.717) is 18.5 Å². The zero-order valence-corrected chi connectivity index (χ0v) is 10.5. The fourth-order valence-electron chi connectivity index (χ4n) is 2.50. The van der Waals surface area contributed by atoms with Gasteiger partial charge in [-0.2, -0.15) is 0 Å². The highest BCUT2D eigenvalue weighted by Crippen LogP contribution is 2.37. The van der Waals surface area contributed by atoms with Crippen LogP contribution in [0.3, 0.4) is 0 Å². The standard InChI is InChI=1S/C13H12FN3O3/c14-10-4-11(17(19)20)9-2-1-3-15-12(9)13(10)16-5-8(6-16)7-18/h1-4,8,18H,5-7H2. The van der Waals surface area contributed by atoms with Gasteiger partial charge in [-0.25, -0.2) is 4.39 Å². The minimum Gasteiger partial charge on any atom is -0.396 e. The van der Waals surface area contributed by atoms with Crippen LogP contribution in [0.5, 0.6) is 0 Å². The number of nitro benzene ring substituents is 1. The molecule has 2 aromatic rings. The Balaban J connectivity index is 2.16. The Labute approximate surface area is 113 Å². The molecule has 6 nitrogen and oxygen atoms in total. The van der Waals surface area contributed by atoms with Crippen molar-refractivity contribution in [2.45, 2.75) is 0 Å². The third-order valence-corrected chi connectivity index (χ3v) is 3.53. The summed E-state index contributed by atoms with van der Waals surface area (Å²) in [6, 6.07) is 4.09. The molecule has 0 saturated carbocycles. The zero-order valence-electron chi connectivity index (χ0n) is 10.5. The average Bonchev–Trinajstić information content (AvgIpc) is 2.39. The number of fused-ring (bicyclic) bond motifs is 1. The smallest absolute Gasteiger partial charge is 0.281 e. The molecule has 104 valence electrons. The summed E-state index contributed by atoms with van der Waals surface area (Å²) in [4.78, 5) is 16.2. The van der Waals surface area contributed by atoms with Crippen LogP contribution >= 0.6 is 0 Å². The van der Waals surface area contributed by atoms with Crippen LogP contribution in [0.15, 0.2) is 24.4 Å². The van der Waals surface area contributed by atoms with Crippen molar-refractivity contribution in [1.82, 2.24) is 4.98 Å². The molecule has 1 aliphatic heterocycles. The highest BCUT2D eigenvalue weighted by atomic mass is 19.1. The molecule has 1 N–H and O–H groups in total. The first-order valence-electron chi connectivity index (χ1n) is 6.19. The second-order valence-electron chi connectivity index (χ2n) is 4.84. The summed E-state index contributed by atoms with van der Waals surface area (Å²) in [6.45, 7) is 1.10. The van der Waals surface area contributed by atoms with Crippen LogP contribution in [0.2, 0.25) is 0 Å². The molecule has 1 aromatic carbocycles. The highest BCUT2D eigenvalue weighted by Gasteiger charge is 2.31. The van der Waals surface area contributed by atoms with Crippen molar-refractivity contribution in [2.75, 3.05) is 24.6 Å². The van der Waals surface area contributed by atoms with Crippen LogP contribution < -0.4 is 4.90 Å². The third-order valence-electron chi connectivity index (χ3n) is 3.53. The number of aromatic nitrogens is 1. The Morgan fingerprint density at radius 3 is 2.95 bits per heavy atom. The molecule has 2 heterocycles. The van der Waals surface area contributed by atoms with Crippen molar-refractivity contribution < 1.29 is 14.4 Å². The molecular weight excluding hydrogens is 265 g/mol.